The van der Waals surface area contributed by atoms with Gasteiger partial charge >= 0.3 is 5.95 Å². The van der Waals surface area contributed by atoms with Crippen LogP contribution in [0.1, 0.15) is 5.56 Å². The first-order valence-electron chi connectivity index (χ1n) is 3.58. The van der Waals surface area contributed by atoms with Crippen molar-refractivity contribution >= 4 is 0 Å². The van der Waals surface area contributed by atoms with Gasteiger partial charge in [0.05, 0.1) is 0 Å². The Hall–Kier alpha value is -1.66. The average molecular weight is 162 g/mol. The van der Waals surface area contributed by atoms with E-state index in [4.69, 9.17) is 9.84 Å². The van der Waals surface area contributed by atoms with Crippen molar-refractivity contribution in [3.63, 3.8) is 0 Å². The third-order valence-corrected chi connectivity index (χ3v) is 1.37. The molecule has 0 unspecified atom stereocenters. The standard InChI is InChI=1S/C10H10O2/c1-2-10(11)12-8-9-6-4-3-5-7-9/h3-7,11H,1,8H2. The number of ether oxygens (including phenoxy) is 1. The molecule has 0 radical (unpaired) electrons. The maximum atomic E-state index is 8.84. The van der Waals surface area contributed by atoms with Gasteiger partial charge in [-0.1, -0.05) is 30.3 Å². The van der Waals surface area contributed by atoms with Gasteiger partial charge < -0.3 is 9.84 Å². The lowest BCUT2D eigenvalue weighted by Crippen LogP contribution is -1.90. The largest absolute Gasteiger partial charge is 0.475 e. The van der Waals surface area contributed by atoms with E-state index in [1.54, 1.807) is 0 Å². The molecular weight excluding hydrogens is 152 g/mol. The fraction of sp³-hybridized carbons (Fsp3) is 0.100. The van der Waals surface area contributed by atoms with Crippen LogP contribution in [0.15, 0.2) is 48.6 Å². The van der Waals surface area contributed by atoms with Crippen LogP contribution in [-0.4, -0.2) is 5.11 Å². The first-order valence-corrected chi connectivity index (χ1v) is 3.58. The van der Waals surface area contributed by atoms with E-state index in [1.165, 1.54) is 0 Å². The number of hydrogen-bond acceptors (Lipinski definition) is 2. The van der Waals surface area contributed by atoms with Crippen LogP contribution in [0.5, 0.6) is 0 Å². The lowest BCUT2D eigenvalue weighted by atomic mass is 10.2. The summed E-state index contributed by atoms with van der Waals surface area (Å²) in [5.41, 5.74) is 3.23. The molecule has 62 valence electrons. The highest BCUT2D eigenvalue weighted by molar-refractivity contribution is 5.13. The molecule has 1 rings (SSSR count). The predicted molar refractivity (Wildman–Crippen MR) is 46.5 cm³/mol. The lowest BCUT2D eigenvalue weighted by molar-refractivity contribution is 0.0840. The highest BCUT2D eigenvalue weighted by Gasteiger charge is 1.92. The minimum Gasteiger partial charge on any atom is -0.475 e. The molecule has 1 N–H and O–H groups in total. The summed E-state index contributed by atoms with van der Waals surface area (Å²) < 4.78 is 4.88. The summed E-state index contributed by atoms with van der Waals surface area (Å²) in [5.74, 6) is -0.265. The molecule has 2 nitrogen and oxygen atoms in total. The number of hydrogen-bond donors (Lipinski definition) is 1. The fourth-order valence-corrected chi connectivity index (χ4v) is 0.777. The topological polar surface area (TPSA) is 29.5 Å². The zero-order valence-electron chi connectivity index (χ0n) is 6.66. The molecule has 0 saturated carbocycles. The third-order valence-electron chi connectivity index (χ3n) is 1.37. The van der Waals surface area contributed by atoms with E-state index in [2.05, 4.69) is 12.3 Å². The molecule has 0 aliphatic carbocycles. The molecule has 0 aliphatic rings. The van der Waals surface area contributed by atoms with E-state index in [9.17, 15) is 0 Å². The van der Waals surface area contributed by atoms with E-state index in [-0.39, 0.29) is 5.95 Å². The van der Waals surface area contributed by atoms with E-state index in [1.807, 2.05) is 30.3 Å². The van der Waals surface area contributed by atoms with Crippen LogP contribution in [0.2, 0.25) is 0 Å². The van der Waals surface area contributed by atoms with Gasteiger partial charge in [-0.05, 0) is 17.9 Å². The molecule has 0 atom stereocenters. The highest BCUT2D eigenvalue weighted by atomic mass is 16.6. The first kappa shape index (κ1) is 8.44. The molecule has 0 saturated heterocycles. The number of benzene rings is 1. The molecule has 2 heteroatoms. The van der Waals surface area contributed by atoms with Crippen LogP contribution >= 0.6 is 0 Å². The zero-order valence-corrected chi connectivity index (χ0v) is 6.66. The van der Waals surface area contributed by atoms with Gasteiger partial charge in [-0.15, -0.1) is 0 Å². The molecule has 12 heavy (non-hydrogen) atoms. The Kier molecular flexibility index (Phi) is 3.00. The molecule has 0 amide bonds. The molecular formula is C10H10O2. The van der Waals surface area contributed by atoms with Crippen LogP contribution in [0, 0.1) is 0 Å². The van der Waals surface area contributed by atoms with Crippen molar-refractivity contribution in [2.45, 2.75) is 6.61 Å². The van der Waals surface area contributed by atoms with Crippen LogP contribution in [0.25, 0.3) is 0 Å². The summed E-state index contributed by atoms with van der Waals surface area (Å²) >= 11 is 0. The quantitative estimate of drug-likeness (QED) is 0.546. The molecule has 0 bridgehead atoms. The molecule has 1 aromatic rings. The van der Waals surface area contributed by atoms with Crippen LogP contribution in [-0.2, 0) is 11.3 Å². The van der Waals surface area contributed by atoms with Crippen LogP contribution in [0.3, 0.4) is 0 Å². The van der Waals surface area contributed by atoms with Crippen LogP contribution < -0.4 is 0 Å². The number of aliphatic hydroxyl groups is 1. The second-order valence-electron chi connectivity index (χ2n) is 2.26. The Morgan fingerprint density at radius 1 is 1.42 bits per heavy atom. The van der Waals surface area contributed by atoms with Crippen molar-refractivity contribution in [3.8, 4) is 0 Å². The van der Waals surface area contributed by atoms with Gasteiger partial charge in [0.25, 0.3) is 0 Å². The monoisotopic (exact) mass is 162 g/mol. The third kappa shape index (κ3) is 2.52. The minimum atomic E-state index is -0.265. The summed E-state index contributed by atoms with van der Waals surface area (Å²) in [5, 5.41) is 8.84. The first-order chi connectivity index (χ1) is 5.83. The zero-order chi connectivity index (χ0) is 8.81. The van der Waals surface area contributed by atoms with Crippen molar-refractivity contribution in [1.29, 1.82) is 0 Å². The second kappa shape index (κ2) is 4.27. The van der Waals surface area contributed by atoms with Gasteiger partial charge in [0.1, 0.15) is 6.61 Å². The SMILES string of the molecule is C=C=C(O)OCc1ccccc1. The minimum absolute atomic E-state index is 0.265. The Balaban J connectivity index is 2.49. The van der Waals surface area contributed by atoms with Crippen molar-refractivity contribution in [3.05, 3.63) is 54.2 Å². The Morgan fingerprint density at radius 2 is 2.08 bits per heavy atom. The van der Waals surface area contributed by atoms with E-state index < -0.39 is 0 Å². The van der Waals surface area contributed by atoms with E-state index >= 15 is 0 Å². The predicted octanol–water partition coefficient (Wildman–Crippen LogP) is 2.39. The maximum absolute atomic E-state index is 8.84. The second-order valence-corrected chi connectivity index (χ2v) is 2.26. The molecule has 0 aliphatic heterocycles. The van der Waals surface area contributed by atoms with Crippen molar-refractivity contribution in [2.24, 2.45) is 0 Å². The Labute approximate surface area is 71.4 Å². The molecule has 0 fully saturated rings. The van der Waals surface area contributed by atoms with E-state index in [0.29, 0.717) is 6.61 Å². The normalized spacial score (nSPS) is 8.67. The van der Waals surface area contributed by atoms with Gasteiger partial charge in [-0.25, -0.2) is 0 Å². The summed E-state index contributed by atoms with van der Waals surface area (Å²) in [6.07, 6.45) is 0. The summed E-state index contributed by atoms with van der Waals surface area (Å²) in [6.45, 7) is 3.58. The number of aliphatic hydroxyl groups excluding tert-OH is 1. The van der Waals surface area contributed by atoms with Gasteiger partial charge in [0, 0.05) is 0 Å². The maximum Gasteiger partial charge on any atom is 0.324 e. The fourth-order valence-electron chi connectivity index (χ4n) is 0.777. The summed E-state index contributed by atoms with van der Waals surface area (Å²) in [6, 6.07) is 9.57. The van der Waals surface area contributed by atoms with E-state index in [0.717, 1.165) is 5.56 Å². The Morgan fingerprint density at radius 3 is 2.67 bits per heavy atom. The van der Waals surface area contributed by atoms with Crippen molar-refractivity contribution in [1.82, 2.24) is 0 Å². The summed E-state index contributed by atoms with van der Waals surface area (Å²) in [4.78, 5) is 0. The van der Waals surface area contributed by atoms with Gasteiger partial charge in [0.15, 0.2) is 0 Å². The highest BCUT2D eigenvalue weighted by Crippen LogP contribution is 2.02. The van der Waals surface area contributed by atoms with Gasteiger partial charge in [0.2, 0.25) is 0 Å². The molecule has 0 aromatic heterocycles. The van der Waals surface area contributed by atoms with Crippen molar-refractivity contribution in [2.75, 3.05) is 0 Å². The van der Waals surface area contributed by atoms with Crippen molar-refractivity contribution < 1.29 is 9.84 Å². The summed E-state index contributed by atoms with van der Waals surface area (Å²) in [7, 11) is 0. The smallest absolute Gasteiger partial charge is 0.324 e. The molecule has 1 aromatic carbocycles. The molecule has 0 spiro atoms. The van der Waals surface area contributed by atoms with Crippen LogP contribution in [0.4, 0.5) is 0 Å². The lowest BCUT2D eigenvalue weighted by Gasteiger charge is -2.01. The van der Waals surface area contributed by atoms with Gasteiger partial charge in [-0.3, -0.25) is 0 Å². The average Bonchev–Trinajstić information content (AvgIpc) is 2.16. The molecule has 0 heterocycles. The van der Waals surface area contributed by atoms with Gasteiger partial charge in [-0.2, -0.15) is 0 Å². The Bertz CT molecular complexity index is 284. The number of rotatable bonds is 3.